The van der Waals surface area contributed by atoms with Crippen molar-refractivity contribution in [2.45, 2.75) is 76.4 Å². The number of piperidine rings is 1. The SMILES string of the molecule is c1ccc(C[NH+]2CCC([NH2+]C3CCCCCCC3)CC2)cc1. The minimum absolute atomic E-state index is 0.906. The predicted octanol–water partition coefficient (Wildman–Crippen LogP) is 1.91. The van der Waals surface area contributed by atoms with Crippen molar-refractivity contribution in [3.8, 4) is 0 Å². The van der Waals surface area contributed by atoms with Gasteiger partial charge in [-0.3, -0.25) is 0 Å². The van der Waals surface area contributed by atoms with E-state index in [4.69, 9.17) is 0 Å². The molecule has 0 radical (unpaired) electrons. The number of nitrogens with one attached hydrogen (secondary N) is 1. The molecule has 1 saturated carbocycles. The molecule has 1 aromatic carbocycles. The first-order valence-electron chi connectivity index (χ1n) is 9.62. The van der Waals surface area contributed by atoms with Gasteiger partial charge in [-0.05, 0) is 25.7 Å². The average Bonchev–Trinajstić information content (AvgIpc) is 2.53. The molecular weight excluding hydrogens is 268 g/mol. The molecule has 1 aromatic rings. The summed E-state index contributed by atoms with van der Waals surface area (Å²) < 4.78 is 0. The highest BCUT2D eigenvalue weighted by atomic mass is 15.1. The molecule has 122 valence electrons. The quantitative estimate of drug-likeness (QED) is 0.848. The molecule has 0 aromatic heterocycles. The first kappa shape index (κ1) is 16.0. The predicted molar refractivity (Wildman–Crippen MR) is 91.9 cm³/mol. The van der Waals surface area contributed by atoms with Crippen LogP contribution in [-0.4, -0.2) is 25.2 Å². The smallest absolute Gasteiger partial charge is 0.103 e. The van der Waals surface area contributed by atoms with Gasteiger partial charge in [-0.2, -0.15) is 0 Å². The number of likely N-dealkylation sites (tertiary alicyclic amines) is 1. The molecule has 1 saturated heterocycles. The molecule has 0 atom stereocenters. The van der Waals surface area contributed by atoms with Crippen LogP contribution >= 0.6 is 0 Å². The summed E-state index contributed by atoms with van der Waals surface area (Å²) in [6.45, 7) is 3.95. The van der Waals surface area contributed by atoms with Crippen LogP contribution in [0.5, 0.6) is 0 Å². The lowest BCUT2D eigenvalue weighted by atomic mass is 9.94. The summed E-state index contributed by atoms with van der Waals surface area (Å²) in [6.07, 6.45) is 13.1. The maximum Gasteiger partial charge on any atom is 0.103 e. The van der Waals surface area contributed by atoms with Gasteiger partial charge in [0, 0.05) is 18.4 Å². The Kier molecular flexibility index (Phi) is 6.32. The zero-order valence-electron chi connectivity index (χ0n) is 14.1. The molecule has 2 fully saturated rings. The maximum absolute atomic E-state index is 2.77. The van der Waals surface area contributed by atoms with Crippen molar-refractivity contribution in [3.05, 3.63) is 35.9 Å². The first-order chi connectivity index (χ1) is 10.9. The van der Waals surface area contributed by atoms with Gasteiger partial charge < -0.3 is 10.2 Å². The normalized spacial score (nSPS) is 28.0. The molecule has 1 heterocycles. The van der Waals surface area contributed by atoms with Crippen molar-refractivity contribution >= 4 is 0 Å². The number of nitrogens with two attached hydrogens (primary N) is 1. The Morgan fingerprint density at radius 1 is 0.773 bits per heavy atom. The third-order valence-corrected chi connectivity index (χ3v) is 5.73. The second kappa shape index (κ2) is 8.69. The Labute approximate surface area is 136 Å². The minimum Gasteiger partial charge on any atom is -0.341 e. The first-order valence-corrected chi connectivity index (χ1v) is 9.62. The monoisotopic (exact) mass is 302 g/mol. The lowest BCUT2D eigenvalue weighted by molar-refractivity contribution is -0.927. The molecule has 3 N–H and O–H groups in total. The van der Waals surface area contributed by atoms with Gasteiger partial charge in [-0.25, -0.2) is 0 Å². The van der Waals surface area contributed by atoms with Crippen LogP contribution in [0.3, 0.4) is 0 Å². The second-order valence-corrected chi connectivity index (χ2v) is 7.55. The molecule has 2 nitrogen and oxygen atoms in total. The number of quaternary nitrogens is 2. The van der Waals surface area contributed by atoms with Crippen LogP contribution in [0, 0.1) is 0 Å². The summed E-state index contributed by atoms with van der Waals surface area (Å²) in [6, 6.07) is 12.9. The molecule has 0 amide bonds. The highest BCUT2D eigenvalue weighted by molar-refractivity contribution is 5.13. The van der Waals surface area contributed by atoms with Gasteiger partial charge in [0.15, 0.2) is 0 Å². The third kappa shape index (κ3) is 5.10. The molecule has 2 aliphatic rings. The van der Waals surface area contributed by atoms with E-state index in [9.17, 15) is 0 Å². The van der Waals surface area contributed by atoms with Gasteiger partial charge in [0.1, 0.15) is 6.54 Å². The fraction of sp³-hybridized carbons (Fsp3) is 0.700. The second-order valence-electron chi connectivity index (χ2n) is 7.55. The van der Waals surface area contributed by atoms with Crippen molar-refractivity contribution in [2.75, 3.05) is 13.1 Å². The van der Waals surface area contributed by atoms with Crippen LogP contribution in [0.15, 0.2) is 30.3 Å². The highest BCUT2D eigenvalue weighted by Gasteiger charge is 2.27. The zero-order valence-corrected chi connectivity index (χ0v) is 14.1. The molecule has 0 spiro atoms. The molecule has 22 heavy (non-hydrogen) atoms. The van der Waals surface area contributed by atoms with Crippen LogP contribution in [0.25, 0.3) is 0 Å². The standard InChI is InChI=1S/C20H32N2/c1-2-7-11-19(12-8-3-1)21-20-13-15-22(16-14-20)17-18-9-5-4-6-10-18/h4-6,9-10,19-21H,1-3,7-8,11-17H2/p+2. The minimum atomic E-state index is 0.906. The van der Waals surface area contributed by atoms with Gasteiger partial charge in [-0.1, -0.05) is 49.6 Å². The van der Waals surface area contributed by atoms with E-state index in [-0.39, 0.29) is 0 Å². The molecule has 1 aliphatic carbocycles. The van der Waals surface area contributed by atoms with Crippen LogP contribution in [0.4, 0.5) is 0 Å². The Morgan fingerprint density at radius 3 is 2.05 bits per heavy atom. The molecular formula is C20H34N2+2. The van der Waals surface area contributed by atoms with E-state index >= 15 is 0 Å². The molecule has 2 heteroatoms. The van der Waals surface area contributed by atoms with E-state index in [0.717, 1.165) is 12.1 Å². The van der Waals surface area contributed by atoms with Gasteiger partial charge in [0.2, 0.25) is 0 Å². The molecule has 3 rings (SSSR count). The maximum atomic E-state index is 2.77. The average molecular weight is 303 g/mol. The summed E-state index contributed by atoms with van der Waals surface area (Å²) in [4.78, 5) is 1.79. The van der Waals surface area contributed by atoms with E-state index in [2.05, 4.69) is 35.6 Å². The molecule has 0 bridgehead atoms. The number of hydrogen-bond acceptors (Lipinski definition) is 0. The zero-order chi connectivity index (χ0) is 15.0. The Morgan fingerprint density at radius 2 is 1.36 bits per heavy atom. The van der Waals surface area contributed by atoms with E-state index in [1.54, 1.807) is 4.90 Å². The highest BCUT2D eigenvalue weighted by Crippen LogP contribution is 2.15. The van der Waals surface area contributed by atoms with Crippen LogP contribution in [0.2, 0.25) is 0 Å². The van der Waals surface area contributed by atoms with Crippen molar-refractivity contribution in [1.82, 2.24) is 0 Å². The van der Waals surface area contributed by atoms with E-state index in [1.807, 2.05) is 0 Å². The lowest BCUT2D eigenvalue weighted by Crippen LogP contribution is -3.14. The summed E-state index contributed by atoms with van der Waals surface area (Å²) >= 11 is 0. The van der Waals surface area contributed by atoms with Gasteiger partial charge in [0.25, 0.3) is 0 Å². The summed E-state index contributed by atoms with van der Waals surface area (Å²) in [5.41, 5.74) is 1.50. The van der Waals surface area contributed by atoms with E-state index in [1.165, 1.54) is 83.0 Å². The Bertz CT molecular complexity index is 401. The van der Waals surface area contributed by atoms with Gasteiger partial charge >= 0.3 is 0 Å². The van der Waals surface area contributed by atoms with Crippen molar-refractivity contribution in [3.63, 3.8) is 0 Å². The number of benzene rings is 1. The summed E-state index contributed by atoms with van der Waals surface area (Å²) in [5, 5.41) is 2.77. The Balaban J connectivity index is 1.39. The largest absolute Gasteiger partial charge is 0.341 e. The van der Waals surface area contributed by atoms with Gasteiger partial charge in [0.05, 0.1) is 25.2 Å². The topological polar surface area (TPSA) is 21.1 Å². The van der Waals surface area contributed by atoms with Crippen LogP contribution in [-0.2, 0) is 6.54 Å². The third-order valence-electron chi connectivity index (χ3n) is 5.73. The fourth-order valence-corrected chi connectivity index (χ4v) is 4.37. The number of rotatable bonds is 4. The van der Waals surface area contributed by atoms with Crippen molar-refractivity contribution in [2.24, 2.45) is 0 Å². The van der Waals surface area contributed by atoms with E-state index in [0.29, 0.717) is 0 Å². The van der Waals surface area contributed by atoms with Crippen molar-refractivity contribution in [1.29, 1.82) is 0 Å². The molecule has 0 unspecified atom stereocenters. The van der Waals surface area contributed by atoms with Crippen LogP contribution < -0.4 is 10.2 Å². The fourth-order valence-electron chi connectivity index (χ4n) is 4.37. The summed E-state index contributed by atoms with van der Waals surface area (Å²) in [5.74, 6) is 0. The van der Waals surface area contributed by atoms with Crippen LogP contribution in [0.1, 0.15) is 63.4 Å². The van der Waals surface area contributed by atoms with Crippen molar-refractivity contribution < 1.29 is 10.2 Å². The lowest BCUT2D eigenvalue weighted by Gasteiger charge is -2.30. The number of hydrogen-bond donors (Lipinski definition) is 2. The summed E-state index contributed by atoms with van der Waals surface area (Å²) in [7, 11) is 0. The molecule has 1 aliphatic heterocycles. The Hall–Kier alpha value is -0.860. The van der Waals surface area contributed by atoms with E-state index < -0.39 is 0 Å². The van der Waals surface area contributed by atoms with Gasteiger partial charge in [-0.15, -0.1) is 0 Å².